The number of hydrogen-bond acceptors (Lipinski definition) is 4. The average Bonchev–Trinajstić information content (AvgIpc) is 2.40. The van der Waals surface area contributed by atoms with Gasteiger partial charge in [-0.3, -0.25) is 4.79 Å². The van der Waals surface area contributed by atoms with Crippen LogP contribution >= 0.6 is 0 Å². The Balaban J connectivity index is 2.80. The van der Waals surface area contributed by atoms with Crippen molar-refractivity contribution in [1.29, 1.82) is 0 Å². The predicted molar refractivity (Wildman–Crippen MR) is 79.5 cm³/mol. The Bertz CT molecular complexity index is 443. The molecule has 0 saturated heterocycles. The lowest BCUT2D eigenvalue weighted by Gasteiger charge is -2.20. The first-order valence-electron chi connectivity index (χ1n) is 7.03. The molecule has 1 aromatic heterocycles. The van der Waals surface area contributed by atoms with Crippen molar-refractivity contribution in [2.24, 2.45) is 11.7 Å². The van der Waals surface area contributed by atoms with E-state index in [-0.39, 0.29) is 11.6 Å². The maximum absolute atomic E-state index is 12.0. The number of aromatic nitrogens is 2. The third-order valence-corrected chi connectivity index (χ3v) is 3.61. The summed E-state index contributed by atoms with van der Waals surface area (Å²) in [5.41, 5.74) is 6.84. The van der Waals surface area contributed by atoms with Gasteiger partial charge >= 0.3 is 0 Å². The molecule has 0 aromatic carbocycles. The van der Waals surface area contributed by atoms with Crippen molar-refractivity contribution in [2.45, 2.75) is 46.2 Å². The van der Waals surface area contributed by atoms with Gasteiger partial charge in [-0.25, -0.2) is 4.68 Å². The molecule has 5 nitrogen and oxygen atoms in total. The van der Waals surface area contributed by atoms with Crippen molar-refractivity contribution in [3.63, 3.8) is 0 Å². The third kappa shape index (κ3) is 4.35. The fourth-order valence-corrected chi connectivity index (χ4v) is 1.92. The summed E-state index contributed by atoms with van der Waals surface area (Å²) in [6.07, 6.45) is 3.78. The van der Waals surface area contributed by atoms with Crippen molar-refractivity contribution in [1.82, 2.24) is 9.78 Å². The van der Waals surface area contributed by atoms with Gasteiger partial charge in [0.15, 0.2) is 0 Å². The molecule has 1 rings (SSSR count). The Morgan fingerprint density at radius 3 is 2.68 bits per heavy atom. The molecule has 2 N–H and O–H groups in total. The molecular weight excluding hydrogens is 240 g/mol. The quantitative estimate of drug-likeness (QED) is 0.811. The minimum atomic E-state index is -0.0841. The molecule has 0 aliphatic rings. The molecule has 108 valence electrons. The molecule has 0 aliphatic heterocycles. The molecule has 0 radical (unpaired) electrons. The summed E-state index contributed by atoms with van der Waals surface area (Å²) in [7, 11) is 1.97. The molecule has 1 heterocycles. The second kappa shape index (κ2) is 7.28. The van der Waals surface area contributed by atoms with Crippen molar-refractivity contribution < 1.29 is 0 Å². The van der Waals surface area contributed by atoms with E-state index in [1.807, 2.05) is 11.9 Å². The Morgan fingerprint density at radius 1 is 1.47 bits per heavy atom. The second-order valence-electron chi connectivity index (χ2n) is 5.21. The van der Waals surface area contributed by atoms with Crippen LogP contribution in [0.4, 0.5) is 5.69 Å². The summed E-state index contributed by atoms with van der Waals surface area (Å²) in [4.78, 5) is 14.0. The van der Waals surface area contributed by atoms with E-state index in [2.05, 4.69) is 25.9 Å². The SMILES string of the molecule is CCCN(C)c1cnn(CC(N)C(C)CC)c(=O)c1. The largest absolute Gasteiger partial charge is 0.373 e. The Labute approximate surface area is 115 Å². The van der Waals surface area contributed by atoms with E-state index in [0.717, 1.165) is 25.1 Å². The van der Waals surface area contributed by atoms with Crippen LogP contribution in [0, 0.1) is 5.92 Å². The lowest BCUT2D eigenvalue weighted by Crippen LogP contribution is -2.37. The first-order valence-corrected chi connectivity index (χ1v) is 7.03. The van der Waals surface area contributed by atoms with Crippen molar-refractivity contribution >= 4 is 5.69 Å². The number of anilines is 1. The van der Waals surface area contributed by atoms with Crippen LogP contribution in [0.1, 0.15) is 33.6 Å². The Morgan fingerprint density at radius 2 is 2.16 bits per heavy atom. The van der Waals surface area contributed by atoms with Crippen LogP contribution in [-0.2, 0) is 6.54 Å². The average molecular weight is 266 g/mol. The minimum Gasteiger partial charge on any atom is -0.373 e. The monoisotopic (exact) mass is 266 g/mol. The lowest BCUT2D eigenvalue weighted by atomic mass is 10.0. The summed E-state index contributed by atoms with van der Waals surface area (Å²) in [5, 5.41) is 4.22. The molecule has 2 atom stereocenters. The fraction of sp³-hybridized carbons (Fsp3) is 0.714. The molecule has 0 spiro atoms. The second-order valence-corrected chi connectivity index (χ2v) is 5.21. The molecule has 2 unspecified atom stereocenters. The standard InChI is InChI=1S/C14H26N4O/c1-5-7-17(4)12-8-14(19)18(16-9-12)10-13(15)11(3)6-2/h8-9,11,13H,5-7,10,15H2,1-4H3. The van der Waals surface area contributed by atoms with E-state index >= 15 is 0 Å². The number of hydrogen-bond donors (Lipinski definition) is 1. The maximum Gasteiger partial charge on any atom is 0.268 e. The highest BCUT2D eigenvalue weighted by atomic mass is 16.1. The summed E-state index contributed by atoms with van der Waals surface area (Å²) < 4.78 is 1.46. The zero-order valence-electron chi connectivity index (χ0n) is 12.5. The fourth-order valence-electron chi connectivity index (χ4n) is 1.92. The van der Waals surface area contributed by atoms with Crippen molar-refractivity contribution in [3.05, 3.63) is 22.6 Å². The first-order chi connectivity index (χ1) is 8.99. The number of rotatable bonds is 7. The lowest BCUT2D eigenvalue weighted by molar-refractivity contribution is 0.373. The van der Waals surface area contributed by atoms with E-state index in [1.54, 1.807) is 12.3 Å². The van der Waals surface area contributed by atoms with Crippen molar-refractivity contribution in [2.75, 3.05) is 18.5 Å². The molecule has 0 bridgehead atoms. The summed E-state index contributed by atoms with van der Waals surface area (Å²) in [6, 6.07) is 1.60. The highest BCUT2D eigenvalue weighted by molar-refractivity contribution is 5.41. The predicted octanol–water partition coefficient (Wildman–Crippen LogP) is 1.46. The van der Waals surface area contributed by atoms with Crippen LogP contribution in [0.5, 0.6) is 0 Å². The van der Waals surface area contributed by atoms with E-state index in [9.17, 15) is 4.79 Å². The van der Waals surface area contributed by atoms with Crippen LogP contribution in [0.25, 0.3) is 0 Å². The molecule has 0 aliphatic carbocycles. The van der Waals surface area contributed by atoms with E-state index in [0.29, 0.717) is 12.5 Å². The molecular formula is C14H26N4O. The normalized spacial score (nSPS) is 14.2. The number of nitrogens with zero attached hydrogens (tertiary/aromatic N) is 3. The van der Waals surface area contributed by atoms with Gasteiger partial charge < -0.3 is 10.6 Å². The van der Waals surface area contributed by atoms with Crippen LogP contribution in [-0.4, -0.2) is 29.4 Å². The van der Waals surface area contributed by atoms with Gasteiger partial charge in [-0.1, -0.05) is 27.2 Å². The van der Waals surface area contributed by atoms with E-state index in [1.165, 1.54) is 4.68 Å². The Hall–Kier alpha value is -1.36. The first kappa shape index (κ1) is 15.7. The summed E-state index contributed by atoms with van der Waals surface area (Å²) >= 11 is 0. The number of nitrogens with two attached hydrogens (primary N) is 1. The van der Waals surface area contributed by atoms with E-state index < -0.39 is 0 Å². The van der Waals surface area contributed by atoms with Gasteiger partial charge in [-0.2, -0.15) is 5.10 Å². The molecule has 19 heavy (non-hydrogen) atoms. The van der Waals surface area contributed by atoms with E-state index in [4.69, 9.17) is 5.73 Å². The van der Waals surface area contributed by atoms with Crippen LogP contribution in [0.3, 0.4) is 0 Å². The van der Waals surface area contributed by atoms with Crippen LogP contribution in [0.15, 0.2) is 17.1 Å². The van der Waals surface area contributed by atoms with Gasteiger partial charge in [0.2, 0.25) is 0 Å². The van der Waals surface area contributed by atoms with Gasteiger partial charge in [-0.05, 0) is 12.3 Å². The summed E-state index contributed by atoms with van der Waals surface area (Å²) in [6.45, 7) is 7.70. The molecule has 0 fully saturated rings. The smallest absolute Gasteiger partial charge is 0.268 e. The van der Waals surface area contributed by atoms with Crippen LogP contribution in [0.2, 0.25) is 0 Å². The molecule has 1 aromatic rings. The van der Waals surface area contributed by atoms with Gasteiger partial charge in [-0.15, -0.1) is 0 Å². The van der Waals surface area contributed by atoms with Gasteiger partial charge in [0.1, 0.15) is 0 Å². The van der Waals surface area contributed by atoms with Crippen LogP contribution < -0.4 is 16.2 Å². The molecule has 0 amide bonds. The Kier molecular flexibility index (Phi) is 6.02. The molecule has 0 saturated carbocycles. The third-order valence-electron chi connectivity index (χ3n) is 3.61. The zero-order valence-corrected chi connectivity index (χ0v) is 12.5. The highest BCUT2D eigenvalue weighted by Gasteiger charge is 2.13. The van der Waals surface area contributed by atoms with Crippen molar-refractivity contribution in [3.8, 4) is 0 Å². The molecule has 5 heteroatoms. The summed E-state index contributed by atoms with van der Waals surface area (Å²) in [5.74, 6) is 0.385. The minimum absolute atomic E-state index is 0.0329. The van der Waals surface area contributed by atoms with Gasteiger partial charge in [0.05, 0.1) is 18.4 Å². The zero-order chi connectivity index (χ0) is 14.4. The topological polar surface area (TPSA) is 64.2 Å². The highest BCUT2D eigenvalue weighted by Crippen LogP contribution is 2.09. The van der Waals surface area contributed by atoms with Gasteiger partial charge in [0, 0.05) is 25.7 Å². The maximum atomic E-state index is 12.0. The van der Waals surface area contributed by atoms with Gasteiger partial charge in [0.25, 0.3) is 5.56 Å².